The molecular formula is C15H15N3O2. The predicted octanol–water partition coefficient (Wildman–Crippen LogP) is 2.62. The van der Waals surface area contributed by atoms with Gasteiger partial charge < -0.3 is 20.0 Å². The van der Waals surface area contributed by atoms with Crippen LogP contribution in [0.15, 0.2) is 47.3 Å². The van der Waals surface area contributed by atoms with E-state index in [1.165, 1.54) is 0 Å². The van der Waals surface area contributed by atoms with Gasteiger partial charge in [-0.2, -0.15) is 0 Å². The van der Waals surface area contributed by atoms with Gasteiger partial charge in [-0.15, -0.1) is 0 Å². The predicted molar refractivity (Wildman–Crippen MR) is 77.2 cm³/mol. The monoisotopic (exact) mass is 269 g/mol. The molecule has 0 spiro atoms. The molecule has 0 radical (unpaired) electrons. The van der Waals surface area contributed by atoms with Crippen LogP contribution in [-0.4, -0.2) is 22.8 Å². The molecule has 0 aliphatic rings. The Balaban J connectivity index is 1.86. The Morgan fingerprint density at radius 1 is 1.40 bits per heavy atom. The molecule has 0 unspecified atom stereocenters. The number of benzene rings is 1. The molecule has 0 atom stereocenters. The van der Waals surface area contributed by atoms with Gasteiger partial charge in [0, 0.05) is 24.5 Å². The van der Waals surface area contributed by atoms with Crippen molar-refractivity contribution in [2.24, 2.45) is 0 Å². The van der Waals surface area contributed by atoms with Crippen molar-refractivity contribution < 1.29 is 9.21 Å². The zero-order valence-electron chi connectivity index (χ0n) is 11.1. The average molecular weight is 269 g/mol. The molecule has 3 rings (SSSR count). The van der Waals surface area contributed by atoms with Gasteiger partial charge in [0.1, 0.15) is 5.69 Å². The fourth-order valence-corrected chi connectivity index (χ4v) is 2.23. The third kappa shape index (κ3) is 2.14. The number of para-hydroxylation sites is 1. The number of carbonyl (C=O) groups excluding carboxylic acids is 1. The number of fused-ring (bicyclic) bond motifs is 1. The number of nitrogens with one attached hydrogen (secondary N) is 1. The number of amides is 1. The lowest BCUT2D eigenvalue weighted by Crippen LogP contribution is -2.26. The van der Waals surface area contributed by atoms with E-state index in [0.717, 1.165) is 16.5 Å². The number of carbonyl (C=O) groups is 1. The van der Waals surface area contributed by atoms with Crippen LogP contribution in [0, 0.1) is 0 Å². The minimum absolute atomic E-state index is 0.0817. The Morgan fingerprint density at radius 3 is 2.95 bits per heavy atom. The molecule has 0 fully saturated rings. The molecule has 5 heteroatoms. The Labute approximate surface area is 116 Å². The first-order valence-corrected chi connectivity index (χ1v) is 6.29. The summed E-state index contributed by atoms with van der Waals surface area (Å²) in [6, 6.07) is 9.26. The zero-order valence-corrected chi connectivity index (χ0v) is 11.1. The molecule has 0 saturated carbocycles. The van der Waals surface area contributed by atoms with Gasteiger partial charge in [-0.25, -0.2) is 0 Å². The third-order valence-corrected chi connectivity index (χ3v) is 3.27. The third-order valence-electron chi connectivity index (χ3n) is 3.27. The van der Waals surface area contributed by atoms with Crippen molar-refractivity contribution >= 4 is 22.5 Å². The lowest BCUT2D eigenvalue weighted by atomic mass is 10.2. The molecule has 2 aromatic heterocycles. The summed E-state index contributed by atoms with van der Waals surface area (Å²) in [5.41, 5.74) is 8.81. The normalized spacial score (nSPS) is 10.8. The van der Waals surface area contributed by atoms with Crippen molar-refractivity contribution in [2.75, 3.05) is 12.8 Å². The molecule has 0 bridgehead atoms. The molecular weight excluding hydrogens is 254 g/mol. The average Bonchev–Trinajstić information content (AvgIpc) is 3.07. The van der Waals surface area contributed by atoms with E-state index in [-0.39, 0.29) is 5.91 Å². The molecule has 1 aromatic carbocycles. The Morgan fingerprint density at radius 2 is 2.25 bits per heavy atom. The number of H-pyrrole nitrogens is 1. The van der Waals surface area contributed by atoms with Gasteiger partial charge in [0.15, 0.2) is 0 Å². The highest BCUT2D eigenvalue weighted by atomic mass is 16.3. The van der Waals surface area contributed by atoms with E-state index in [0.29, 0.717) is 17.9 Å². The maximum Gasteiger partial charge on any atom is 0.270 e. The summed E-state index contributed by atoms with van der Waals surface area (Å²) in [5, 5.41) is 0.935. The molecule has 2 heterocycles. The number of hydrogen-bond donors (Lipinski definition) is 2. The first kappa shape index (κ1) is 12.3. The van der Waals surface area contributed by atoms with E-state index in [2.05, 4.69) is 4.98 Å². The maximum absolute atomic E-state index is 12.4. The first-order chi connectivity index (χ1) is 9.65. The number of furan rings is 1. The summed E-state index contributed by atoms with van der Waals surface area (Å²) in [4.78, 5) is 17.1. The number of rotatable bonds is 3. The van der Waals surface area contributed by atoms with E-state index in [1.54, 1.807) is 24.5 Å². The fraction of sp³-hybridized carbons (Fsp3) is 0.133. The minimum Gasteiger partial charge on any atom is -0.472 e. The number of hydrogen-bond acceptors (Lipinski definition) is 3. The minimum atomic E-state index is -0.0817. The summed E-state index contributed by atoms with van der Waals surface area (Å²) in [5.74, 6) is -0.0817. The second-order valence-electron chi connectivity index (χ2n) is 4.79. The van der Waals surface area contributed by atoms with Gasteiger partial charge in [-0.1, -0.05) is 12.1 Å². The summed E-state index contributed by atoms with van der Waals surface area (Å²) in [6.07, 6.45) is 3.23. The Kier molecular flexibility index (Phi) is 2.95. The Bertz CT molecular complexity index is 744. The number of nitrogen functional groups attached to an aromatic ring is 1. The van der Waals surface area contributed by atoms with Crippen molar-refractivity contribution in [2.45, 2.75) is 6.54 Å². The lowest BCUT2D eigenvalue weighted by Gasteiger charge is -2.14. The van der Waals surface area contributed by atoms with Crippen LogP contribution in [0.3, 0.4) is 0 Å². The molecule has 0 aliphatic carbocycles. The van der Waals surface area contributed by atoms with E-state index < -0.39 is 0 Å². The van der Waals surface area contributed by atoms with Crippen LogP contribution in [-0.2, 0) is 6.54 Å². The molecule has 3 N–H and O–H groups in total. The summed E-state index contributed by atoms with van der Waals surface area (Å²) >= 11 is 0. The molecule has 20 heavy (non-hydrogen) atoms. The smallest absolute Gasteiger partial charge is 0.270 e. The van der Waals surface area contributed by atoms with E-state index >= 15 is 0 Å². The zero-order chi connectivity index (χ0) is 14.1. The number of nitrogens with zero attached hydrogens (tertiary/aromatic N) is 1. The van der Waals surface area contributed by atoms with Gasteiger partial charge in [0.25, 0.3) is 5.91 Å². The lowest BCUT2D eigenvalue weighted by molar-refractivity contribution is 0.0780. The standard InChI is InChI=1S/C15H15N3O2/c1-18(8-10-5-6-20-9-10)15(19)13-7-11-3-2-4-12(16)14(11)17-13/h2-7,9,17H,8,16H2,1H3. The van der Waals surface area contributed by atoms with E-state index in [4.69, 9.17) is 10.2 Å². The second-order valence-corrected chi connectivity index (χ2v) is 4.79. The quantitative estimate of drug-likeness (QED) is 0.718. The highest BCUT2D eigenvalue weighted by Crippen LogP contribution is 2.22. The number of aromatic nitrogens is 1. The molecule has 0 saturated heterocycles. The first-order valence-electron chi connectivity index (χ1n) is 6.29. The van der Waals surface area contributed by atoms with Gasteiger partial charge in [-0.3, -0.25) is 4.79 Å². The SMILES string of the molecule is CN(Cc1ccoc1)C(=O)c1cc2cccc(N)c2[nH]1. The van der Waals surface area contributed by atoms with Crippen LogP contribution in [0.4, 0.5) is 5.69 Å². The highest BCUT2D eigenvalue weighted by molar-refractivity contribution is 6.00. The topological polar surface area (TPSA) is 75.3 Å². The number of anilines is 1. The van der Waals surface area contributed by atoms with Crippen molar-refractivity contribution in [1.29, 1.82) is 0 Å². The van der Waals surface area contributed by atoms with Crippen LogP contribution in [0.5, 0.6) is 0 Å². The van der Waals surface area contributed by atoms with E-state index in [1.807, 2.05) is 30.3 Å². The molecule has 3 aromatic rings. The van der Waals surface area contributed by atoms with Crippen LogP contribution in [0.25, 0.3) is 10.9 Å². The van der Waals surface area contributed by atoms with Crippen molar-refractivity contribution in [3.63, 3.8) is 0 Å². The fourth-order valence-electron chi connectivity index (χ4n) is 2.23. The largest absolute Gasteiger partial charge is 0.472 e. The summed E-state index contributed by atoms with van der Waals surface area (Å²) < 4.78 is 5.00. The van der Waals surface area contributed by atoms with Crippen molar-refractivity contribution in [1.82, 2.24) is 9.88 Å². The maximum atomic E-state index is 12.4. The van der Waals surface area contributed by atoms with Crippen LogP contribution < -0.4 is 5.73 Å². The molecule has 0 aliphatic heterocycles. The Hall–Kier alpha value is -2.69. The van der Waals surface area contributed by atoms with Gasteiger partial charge in [0.05, 0.1) is 23.7 Å². The van der Waals surface area contributed by atoms with Crippen LogP contribution >= 0.6 is 0 Å². The molecule has 102 valence electrons. The van der Waals surface area contributed by atoms with Gasteiger partial charge >= 0.3 is 0 Å². The summed E-state index contributed by atoms with van der Waals surface area (Å²) in [6.45, 7) is 0.500. The number of aromatic amines is 1. The highest BCUT2D eigenvalue weighted by Gasteiger charge is 2.15. The van der Waals surface area contributed by atoms with Crippen LogP contribution in [0.2, 0.25) is 0 Å². The molecule has 5 nitrogen and oxygen atoms in total. The van der Waals surface area contributed by atoms with E-state index in [9.17, 15) is 4.79 Å². The van der Waals surface area contributed by atoms with Gasteiger partial charge in [0.2, 0.25) is 0 Å². The second kappa shape index (κ2) is 4.77. The van der Waals surface area contributed by atoms with Crippen LogP contribution in [0.1, 0.15) is 16.1 Å². The van der Waals surface area contributed by atoms with Gasteiger partial charge in [-0.05, 0) is 18.2 Å². The van der Waals surface area contributed by atoms with Crippen molar-refractivity contribution in [3.8, 4) is 0 Å². The molecule has 1 amide bonds. The summed E-state index contributed by atoms with van der Waals surface area (Å²) in [7, 11) is 1.75. The van der Waals surface area contributed by atoms with Crippen molar-refractivity contribution in [3.05, 3.63) is 54.1 Å². The number of nitrogens with two attached hydrogens (primary N) is 1.